The first-order valence-corrected chi connectivity index (χ1v) is 26.2. The molecule has 0 fully saturated rings. The van der Waals surface area contributed by atoms with Crippen molar-refractivity contribution < 1.29 is 14.3 Å². The maximum absolute atomic E-state index is 14.4. The summed E-state index contributed by atoms with van der Waals surface area (Å²) in [7, 11) is 0. The maximum atomic E-state index is 14.4. The second kappa shape index (κ2) is 29.7. The van der Waals surface area contributed by atoms with E-state index in [0.29, 0.717) is 23.5 Å². The van der Waals surface area contributed by atoms with Gasteiger partial charge in [0.15, 0.2) is 0 Å². The van der Waals surface area contributed by atoms with Crippen molar-refractivity contribution >= 4 is 46.0 Å². The van der Waals surface area contributed by atoms with Gasteiger partial charge in [0.2, 0.25) is 0 Å². The fraction of sp³-hybridized carbons (Fsp3) is 0.692. The van der Waals surface area contributed by atoms with E-state index in [1.165, 1.54) is 189 Å². The molecule has 58 heavy (non-hydrogen) atoms. The SMILES string of the molecule is CCCCCCCCCCCCc1ccsc1C1=C/C(=C2/C=C(c3sccc3CCCCCCCCCCCC)N(CCCCCCCCCCCC)C2=O)C(=O)O1. The van der Waals surface area contributed by atoms with Crippen molar-refractivity contribution in [2.75, 3.05) is 6.54 Å². The number of aryl methyl sites for hydroxylation is 2. The van der Waals surface area contributed by atoms with Gasteiger partial charge >= 0.3 is 5.97 Å². The van der Waals surface area contributed by atoms with E-state index in [-0.39, 0.29) is 5.91 Å². The Morgan fingerprint density at radius 2 is 0.862 bits per heavy atom. The molecule has 0 aromatic carbocycles. The number of hydrogen-bond donors (Lipinski definition) is 0. The third kappa shape index (κ3) is 16.9. The third-order valence-corrected chi connectivity index (χ3v) is 14.3. The molecule has 0 atom stereocenters. The number of rotatable bonds is 35. The monoisotopic (exact) mass is 832 g/mol. The van der Waals surface area contributed by atoms with Gasteiger partial charge in [0.25, 0.3) is 5.91 Å². The second-order valence-electron chi connectivity index (χ2n) is 17.3. The molecule has 0 saturated carbocycles. The quantitative estimate of drug-likeness (QED) is 0.0395. The van der Waals surface area contributed by atoms with Crippen LogP contribution in [-0.4, -0.2) is 23.3 Å². The van der Waals surface area contributed by atoms with E-state index in [9.17, 15) is 9.59 Å². The van der Waals surface area contributed by atoms with Crippen molar-refractivity contribution in [1.29, 1.82) is 0 Å². The average Bonchev–Trinajstić information content (AvgIpc) is 4.04. The summed E-state index contributed by atoms with van der Waals surface area (Å²) >= 11 is 3.38. The summed E-state index contributed by atoms with van der Waals surface area (Å²) < 4.78 is 5.97. The van der Waals surface area contributed by atoms with Crippen LogP contribution in [0.25, 0.3) is 11.5 Å². The van der Waals surface area contributed by atoms with Crippen LogP contribution in [0.4, 0.5) is 0 Å². The Balaban J connectivity index is 1.38. The van der Waals surface area contributed by atoms with Crippen molar-refractivity contribution in [3.63, 3.8) is 0 Å². The number of cyclic esters (lactones) is 1. The largest absolute Gasteiger partial charge is 0.421 e. The Kier molecular flexibility index (Phi) is 24.7. The van der Waals surface area contributed by atoms with Crippen LogP contribution >= 0.6 is 22.7 Å². The summed E-state index contributed by atoms with van der Waals surface area (Å²) in [5, 5.41) is 4.30. The van der Waals surface area contributed by atoms with Gasteiger partial charge < -0.3 is 9.64 Å². The van der Waals surface area contributed by atoms with Gasteiger partial charge in [-0.2, -0.15) is 0 Å². The van der Waals surface area contributed by atoms with E-state index >= 15 is 0 Å². The smallest absolute Gasteiger partial charge is 0.344 e. The molecule has 2 aromatic rings. The highest BCUT2D eigenvalue weighted by Gasteiger charge is 2.36. The topological polar surface area (TPSA) is 46.6 Å². The minimum atomic E-state index is -0.398. The highest BCUT2D eigenvalue weighted by molar-refractivity contribution is 7.11. The predicted molar refractivity (Wildman–Crippen MR) is 252 cm³/mol. The van der Waals surface area contributed by atoms with E-state index < -0.39 is 5.97 Å². The minimum Gasteiger partial charge on any atom is -0.421 e. The molecule has 0 saturated heterocycles. The highest BCUT2D eigenvalue weighted by Crippen LogP contribution is 2.40. The lowest BCUT2D eigenvalue weighted by Gasteiger charge is -2.21. The Bertz CT molecular complexity index is 1540. The van der Waals surface area contributed by atoms with Crippen LogP contribution < -0.4 is 0 Å². The zero-order valence-corrected chi connectivity index (χ0v) is 38.9. The van der Waals surface area contributed by atoms with Crippen molar-refractivity contribution in [2.24, 2.45) is 0 Å². The molecule has 2 aliphatic heterocycles. The van der Waals surface area contributed by atoms with Gasteiger partial charge in [-0.1, -0.05) is 194 Å². The third-order valence-electron chi connectivity index (χ3n) is 12.3. The van der Waals surface area contributed by atoms with Crippen LogP contribution in [0.1, 0.15) is 234 Å². The Labute approximate surface area is 363 Å². The fourth-order valence-corrected chi connectivity index (χ4v) is 10.6. The van der Waals surface area contributed by atoms with Crippen molar-refractivity contribution in [3.05, 3.63) is 67.1 Å². The van der Waals surface area contributed by atoms with Gasteiger partial charge in [-0.05, 0) is 78.3 Å². The molecule has 0 radical (unpaired) electrons. The van der Waals surface area contributed by atoms with Crippen molar-refractivity contribution in [1.82, 2.24) is 4.90 Å². The van der Waals surface area contributed by atoms with Crippen LogP contribution in [0.2, 0.25) is 0 Å². The summed E-state index contributed by atoms with van der Waals surface area (Å²) in [5.41, 5.74) is 4.47. The second-order valence-corrected chi connectivity index (χ2v) is 19.1. The molecule has 4 rings (SSSR count). The minimum absolute atomic E-state index is 0.0505. The van der Waals surface area contributed by atoms with E-state index in [2.05, 4.69) is 43.7 Å². The molecular formula is C52H81NO3S2. The number of thiophene rings is 2. The fourth-order valence-electron chi connectivity index (χ4n) is 8.68. The van der Waals surface area contributed by atoms with Crippen LogP contribution in [0, 0.1) is 0 Å². The number of carbonyl (C=O) groups is 2. The molecule has 6 heteroatoms. The first-order chi connectivity index (χ1) is 28.6. The van der Waals surface area contributed by atoms with E-state index in [0.717, 1.165) is 42.7 Å². The standard InChI is InChI=1S/C52H81NO3S2/c1-4-7-10-13-16-19-22-25-28-31-34-43-36-39-57-49(43)47-41-45(51(54)53(47)38-33-30-27-24-21-18-15-12-9-6-3)46-42-48(56-52(46)55)50-44(37-40-58-50)35-32-29-26-23-20-17-14-11-8-5-2/h36-37,39-42H,4-35,38H2,1-3H3/b46-45+. The van der Waals surface area contributed by atoms with Gasteiger partial charge in [0, 0.05) is 6.54 Å². The Hall–Kier alpha value is -2.44. The summed E-state index contributed by atoms with van der Waals surface area (Å²) in [6, 6.07) is 4.45. The molecular weight excluding hydrogens is 751 g/mol. The maximum Gasteiger partial charge on any atom is 0.344 e. The number of amides is 1. The number of nitrogens with zero attached hydrogens (tertiary/aromatic N) is 1. The molecule has 0 aliphatic carbocycles. The van der Waals surface area contributed by atoms with Crippen LogP contribution in [0.5, 0.6) is 0 Å². The zero-order valence-electron chi connectivity index (χ0n) is 37.3. The van der Waals surface area contributed by atoms with E-state index in [1.807, 2.05) is 17.1 Å². The number of esters is 1. The Morgan fingerprint density at radius 3 is 1.33 bits per heavy atom. The van der Waals surface area contributed by atoms with Gasteiger partial charge in [-0.15, -0.1) is 22.7 Å². The predicted octanol–water partition coefficient (Wildman–Crippen LogP) is 16.7. The summed E-state index contributed by atoms with van der Waals surface area (Å²) in [6.07, 6.45) is 44.9. The molecule has 4 heterocycles. The van der Waals surface area contributed by atoms with Crippen LogP contribution in [0.3, 0.4) is 0 Å². The molecule has 4 nitrogen and oxygen atoms in total. The van der Waals surface area contributed by atoms with Gasteiger partial charge in [0.05, 0.1) is 26.6 Å². The van der Waals surface area contributed by atoms with Gasteiger partial charge in [-0.25, -0.2) is 4.79 Å². The van der Waals surface area contributed by atoms with E-state index in [1.54, 1.807) is 22.7 Å². The van der Waals surface area contributed by atoms with Gasteiger partial charge in [-0.3, -0.25) is 4.79 Å². The lowest BCUT2D eigenvalue weighted by molar-refractivity contribution is -0.131. The lowest BCUT2D eigenvalue weighted by atomic mass is 10.0. The van der Waals surface area contributed by atoms with Crippen molar-refractivity contribution in [2.45, 2.75) is 226 Å². The normalized spacial score (nSPS) is 15.5. The van der Waals surface area contributed by atoms with Gasteiger partial charge in [0.1, 0.15) is 5.76 Å². The molecule has 0 N–H and O–H groups in total. The molecule has 2 aromatic heterocycles. The average molecular weight is 832 g/mol. The molecule has 0 bridgehead atoms. The zero-order chi connectivity index (χ0) is 41.0. The number of hydrogen-bond acceptors (Lipinski definition) is 5. The molecule has 0 unspecified atom stereocenters. The molecule has 2 aliphatic rings. The first kappa shape index (κ1) is 48.2. The highest BCUT2D eigenvalue weighted by atomic mass is 32.1. The summed E-state index contributed by atoms with van der Waals surface area (Å²) in [4.78, 5) is 32.1. The summed E-state index contributed by atoms with van der Waals surface area (Å²) in [6.45, 7) is 7.52. The van der Waals surface area contributed by atoms with Crippen LogP contribution in [-0.2, 0) is 27.2 Å². The molecule has 0 spiro atoms. The number of carbonyl (C=O) groups excluding carboxylic acids is 2. The number of ether oxygens (including phenoxy) is 1. The lowest BCUT2D eigenvalue weighted by Crippen LogP contribution is -2.27. The first-order valence-electron chi connectivity index (χ1n) is 24.4. The van der Waals surface area contributed by atoms with Crippen LogP contribution in [0.15, 0.2) is 46.2 Å². The Morgan fingerprint density at radius 1 is 0.466 bits per heavy atom. The van der Waals surface area contributed by atoms with E-state index in [4.69, 9.17) is 4.74 Å². The molecule has 324 valence electrons. The molecule has 1 amide bonds. The van der Waals surface area contributed by atoms with Crippen molar-refractivity contribution in [3.8, 4) is 0 Å². The summed E-state index contributed by atoms with van der Waals surface area (Å²) in [5.74, 6) is 0.161. The number of unbranched alkanes of at least 4 members (excludes halogenated alkanes) is 27.